The summed E-state index contributed by atoms with van der Waals surface area (Å²) in [7, 11) is 4.18. The van der Waals surface area contributed by atoms with E-state index in [2.05, 4.69) is 79.2 Å². The molecule has 30 heavy (non-hydrogen) atoms. The Hall–Kier alpha value is -2.93. The van der Waals surface area contributed by atoms with Crippen molar-refractivity contribution in [3.05, 3.63) is 65.8 Å². The van der Waals surface area contributed by atoms with Crippen LogP contribution in [-0.4, -0.2) is 53.0 Å². The lowest BCUT2D eigenvalue weighted by molar-refractivity contribution is 0.254. The molecular weight excluding hydrogens is 376 g/mol. The number of aliphatic imine (C=N–C) groups is 1. The highest BCUT2D eigenvalue weighted by molar-refractivity contribution is 5.80. The minimum atomic E-state index is -0.0842. The maximum atomic E-state index is 5.61. The first-order chi connectivity index (χ1) is 14.3. The van der Waals surface area contributed by atoms with Gasteiger partial charge in [0.15, 0.2) is 0 Å². The van der Waals surface area contributed by atoms with Gasteiger partial charge in [-0.25, -0.2) is 15.0 Å². The highest BCUT2D eigenvalue weighted by Gasteiger charge is 2.41. The van der Waals surface area contributed by atoms with Crippen LogP contribution in [0, 0.1) is 12.3 Å². The van der Waals surface area contributed by atoms with Crippen LogP contribution in [0.4, 0.5) is 5.95 Å². The van der Waals surface area contributed by atoms with Crippen LogP contribution in [0.25, 0.3) is 0 Å². The van der Waals surface area contributed by atoms with Crippen molar-refractivity contribution >= 4 is 12.0 Å². The number of amidine groups is 1. The highest BCUT2D eigenvalue weighted by atomic mass is 16.5. The summed E-state index contributed by atoms with van der Waals surface area (Å²) in [5, 5.41) is 3.43. The van der Waals surface area contributed by atoms with Crippen molar-refractivity contribution in [2.24, 2.45) is 10.4 Å². The van der Waals surface area contributed by atoms with E-state index in [1.165, 1.54) is 11.1 Å². The average Bonchev–Trinajstić information content (AvgIpc) is 3.27. The summed E-state index contributed by atoms with van der Waals surface area (Å²) in [6.45, 7) is 8.36. The van der Waals surface area contributed by atoms with E-state index in [0.29, 0.717) is 12.0 Å². The van der Waals surface area contributed by atoms with Gasteiger partial charge in [-0.15, -0.1) is 0 Å². The fraction of sp³-hybridized carbons (Fsp3) is 0.435. The molecule has 0 fully saturated rings. The van der Waals surface area contributed by atoms with Gasteiger partial charge < -0.3 is 15.0 Å². The SMILES string of the molecule is Cc1ccccc1C1N=C2OC=CN2C1c1ccnc(NCC(C)(C)CN(C)C)n1. The van der Waals surface area contributed by atoms with E-state index < -0.39 is 0 Å². The number of nitrogens with zero attached hydrogens (tertiary/aromatic N) is 5. The molecule has 158 valence electrons. The van der Waals surface area contributed by atoms with Gasteiger partial charge in [0.2, 0.25) is 5.95 Å². The number of aromatic nitrogens is 2. The molecule has 0 radical (unpaired) electrons. The van der Waals surface area contributed by atoms with Gasteiger partial charge in [-0.3, -0.25) is 4.90 Å². The number of rotatable bonds is 7. The molecule has 2 unspecified atom stereocenters. The second-order valence-electron chi connectivity index (χ2n) is 9.03. The van der Waals surface area contributed by atoms with Crippen LogP contribution in [0.3, 0.4) is 0 Å². The summed E-state index contributed by atoms with van der Waals surface area (Å²) in [5.74, 6) is 0.639. The van der Waals surface area contributed by atoms with E-state index in [9.17, 15) is 0 Å². The number of anilines is 1. The molecule has 2 aromatic rings. The Kier molecular flexibility index (Phi) is 5.47. The van der Waals surface area contributed by atoms with Gasteiger partial charge in [-0.05, 0) is 43.6 Å². The minimum Gasteiger partial charge on any atom is -0.432 e. The van der Waals surface area contributed by atoms with E-state index in [1.807, 2.05) is 18.5 Å². The van der Waals surface area contributed by atoms with E-state index >= 15 is 0 Å². The fourth-order valence-electron chi connectivity index (χ4n) is 4.25. The van der Waals surface area contributed by atoms with Crippen LogP contribution in [-0.2, 0) is 4.74 Å². The monoisotopic (exact) mass is 406 g/mol. The number of hydrogen-bond acceptors (Lipinski definition) is 7. The zero-order valence-electron chi connectivity index (χ0n) is 18.3. The van der Waals surface area contributed by atoms with Crippen molar-refractivity contribution in [2.75, 3.05) is 32.5 Å². The third-order valence-electron chi connectivity index (χ3n) is 5.42. The third-order valence-corrected chi connectivity index (χ3v) is 5.42. The van der Waals surface area contributed by atoms with Crippen LogP contribution >= 0.6 is 0 Å². The molecule has 1 aromatic carbocycles. The van der Waals surface area contributed by atoms with E-state index in [-0.39, 0.29) is 17.5 Å². The number of benzene rings is 1. The standard InChI is InChI=1S/C23H30N6O/c1-16-8-6-7-9-17(16)19-20(29-12-13-30-22(29)27-19)18-10-11-24-21(26-18)25-14-23(2,3)15-28(4)5/h6-13,19-20H,14-15H2,1-5H3,(H,24,25,26). The molecular formula is C23H30N6O. The molecule has 3 heterocycles. The molecule has 0 spiro atoms. The average molecular weight is 407 g/mol. The van der Waals surface area contributed by atoms with E-state index in [0.717, 1.165) is 18.8 Å². The molecule has 2 aliphatic heterocycles. The minimum absolute atomic E-state index is 0.0711. The van der Waals surface area contributed by atoms with E-state index in [1.54, 1.807) is 6.26 Å². The van der Waals surface area contributed by atoms with Crippen LogP contribution in [0.2, 0.25) is 0 Å². The second-order valence-corrected chi connectivity index (χ2v) is 9.03. The molecule has 0 saturated heterocycles. The van der Waals surface area contributed by atoms with Crippen LogP contribution in [0.5, 0.6) is 0 Å². The van der Waals surface area contributed by atoms with Crippen molar-refractivity contribution < 1.29 is 4.74 Å². The summed E-state index contributed by atoms with van der Waals surface area (Å²) in [5.41, 5.74) is 3.41. The lowest BCUT2D eigenvalue weighted by Crippen LogP contribution is -2.34. The predicted octanol–water partition coefficient (Wildman–Crippen LogP) is 3.74. The molecule has 0 bridgehead atoms. The fourth-order valence-corrected chi connectivity index (χ4v) is 4.25. The molecule has 0 aliphatic carbocycles. The maximum absolute atomic E-state index is 5.61. The first-order valence-corrected chi connectivity index (χ1v) is 10.3. The second kappa shape index (κ2) is 8.07. The number of fused-ring (bicyclic) bond motifs is 1. The largest absolute Gasteiger partial charge is 0.432 e. The first kappa shape index (κ1) is 20.3. The zero-order valence-corrected chi connectivity index (χ0v) is 18.3. The first-order valence-electron chi connectivity index (χ1n) is 10.3. The molecule has 7 nitrogen and oxygen atoms in total. The Morgan fingerprint density at radius 2 is 2.00 bits per heavy atom. The highest BCUT2D eigenvalue weighted by Crippen LogP contribution is 2.44. The van der Waals surface area contributed by atoms with Gasteiger partial charge in [0.25, 0.3) is 6.02 Å². The lowest BCUT2D eigenvalue weighted by atomic mass is 9.93. The lowest BCUT2D eigenvalue weighted by Gasteiger charge is -2.29. The van der Waals surface area contributed by atoms with Crippen molar-refractivity contribution in [3.8, 4) is 0 Å². The topological polar surface area (TPSA) is 65.9 Å². The summed E-state index contributed by atoms with van der Waals surface area (Å²) < 4.78 is 5.61. The number of ether oxygens (including phenoxy) is 1. The van der Waals surface area contributed by atoms with Crippen molar-refractivity contribution in [2.45, 2.75) is 32.9 Å². The zero-order chi connectivity index (χ0) is 21.3. The molecule has 0 saturated carbocycles. The molecule has 2 atom stereocenters. The maximum Gasteiger partial charge on any atom is 0.298 e. The molecule has 0 amide bonds. The number of hydrogen-bond donors (Lipinski definition) is 1. The predicted molar refractivity (Wildman–Crippen MR) is 119 cm³/mol. The van der Waals surface area contributed by atoms with Crippen molar-refractivity contribution in [1.82, 2.24) is 19.8 Å². The van der Waals surface area contributed by atoms with Crippen molar-refractivity contribution in [3.63, 3.8) is 0 Å². The Morgan fingerprint density at radius 1 is 1.20 bits per heavy atom. The van der Waals surface area contributed by atoms with Crippen LogP contribution in [0.1, 0.15) is 42.8 Å². The van der Waals surface area contributed by atoms with Gasteiger partial charge in [0.05, 0.1) is 5.69 Å². The summed E-state index contributed by atoms with van der Waals surface area (Å²) in [6, 6.07) is 10.8. The van der Waals surface area contributed by atoms with Crippen LogP contribution in [0.15, 0.2) is 54.0 Å². The Balaban J connectivity index is 1.60. The summed E-state index contributed by atoms with van der Waals surface area (Å²) in [4.78, 5) is 18.4. The number of aryl methyl sites for hydroxylation is 1. The quantitative estimate of drug-likeness (QED) is 0.756. The van der Waals surface area contributed by atoms with Gasteiger partial charge in [-0.2, -0.15) is 0 Å². The van der Waals surface area contributed by atoms with Crippen molar-refractivity contribution in [1.29, 1.82) is 0 Å². The van der Waals surface area contributed by atoms with E-state index in [4.69, 9.17) is 14.7 Å². The summed E-state index contributed by atoms with van der Waals surface area (Å²) in [6.07, 6.45) is 5.42. The van der Waals surface area contributed by atoms with Gasteiger partial charge in [0, 0.05) is 25.5 Å². The molecule has 1 aromatic heterocycles. The van der Waals surface area contributed by atoms with Gasteiger partial charge in [0.1, 0.15) is 18.3 Å². The summed E-state index contributed by atoms with van der Waals surface area (Å²) >= 11 is 0. The number of nitrogens with one attached hydrogen (secondary N) is 1. The smallest absolute Gasteiger partial charge is 0.298 e. The Bertz CT molecular complexity index is 968. The Morgan fingerprint density at radius 3 is 2.77 bits per heavy atom. The Labute approximate surface area is 178 Å². The van der Waals surface area contributed by atoms with Crippen LogP contribution < -0.4 is 5.32 Å². The molecule has 4 rings (SSSR count). The molecule has 1 N–H and O–H groups in total. The molecule has 7 heteroatoms. The van der Waals surface area contributed by atoms with Gasteiger partial charge in [-0.1, -0.05) is 38.1 Å². The molecule has 2 aliphatic rings. The van der Waals surface area contributed by atoms with Gasteiger partial charge >= 0.3 is 0 Å². The normalized spacial score (nSPS) is 20.3. The third kappa shape index (κ3) is 4.16.